The van der Waals surface area contributed by atoms with E-state index in [0.717, 1.165) is 16.5 Å². The number of fused-ring (bicyclic) bond motifs is 1. The fraction of sp³-hybridized carbons (Fsp3) is 0.286. The number of amides is 1. The fourth-order valence-corrected chi connectivity index (χ4v) is 3.10. The van der Waals surface area contributed by atoms with Crippen LogP contribution in [0.4, 0.5) is 5.69 Å². The lowest BCUT2D eigenvalue weighted by molar-refractivity contribution is -0.117. The molecule has 1 aromatic heterocycles. The molecule has 2 aromatic carbocycles. The van der Waals surface area contributed by atoms with Gasteiger partial charge in [0.2, 0.25) is 5.88 Å². The molecule has 29 heavy (non-hydrogen) atoms. The van der Waals surface area contributed by atoms with Crippen molar-refractivity contribution in [2.45, 2.75) is 13.1 Å². The highest BCUT2D eigenvalue weighted by atomic mass is 16.5. The van der Waals surface area contributed by atoms with Gasteiger partial charge < -0.3 is 14.6 Å². The van der Waals surface area contributed by atoms with Gasteiger partial charge in [-0.3, -0.25) is 14.3 Å². The van der Waals surface area contributed by atoms with Crippen molar-refractivity contribution in [2.75, 3.05) is 28.3 Å². The third-order valence-corrected chi connectivity index (χ3v) is 4.41. The Balaban J connectivity index is 1.85. The summed E-state index contributed by atoms with van der Waals surface area (Å²) in [5.41, 5.74) is 1.83. The highest BCUT2D eigenvalue weighted by Gasteiger charge is 2.17. The molecule has 0 unspecified atom stereocenters. The summed E-state index contributed by atoms with van der Waals surface area (Å²) in [5, 5.41) is 19.2. The van der Waals surface area contributed by atoms with Gasteiger partial charge in [-0.2, -0.15) is 0 Å². The van der Waals surface area contributed by atoms with Crippen LogP contribution < -0.4 is 9.47 Å². The van der Waals surface area contributed by atoms with Crippen molar-refractivity contribution in [3.8, 4) is 17.4 Å². The fourth-order valence-electron chi connectivity index (χ4n) is 3.10. The molecule has 0 spiro atoms. The van der Waals surface area contributed by atoms with E-state index < -0.39 is 5.91 Å². The average molecular weight is 396 g/mol. The number of para-hydroxylation sites is 1. The van der Waals surface area contributed by atoms with Crippen LogP contribution in [0.25, 0.3) is 10.9 Å². The lowest BCUT2D eigenvalue weighted by atomic mass is 10.1. The number of hydrogen-bond acceptors (Lipinski definition) is 6. The summed E-state index contributed by atoms with van der Waals surface area (Å²) >= 11 is 0. The Morgan fingerprint density at radius 3 is 2.52 bits per heavy atom. The molecule has 1 amide bonds. The van der Waals surface area contributed by atoms with Crippen LogP contribution in [0.5, 0.6) is 17.4 Å². The van der Waals surface area contributed by atoms with Crippen LogP contribution >= 0.6 is 0 Å². The molecule has 1 N–H and O–H groups in total. The number of nitrogens with zero attached hydrogens (tertiary/aromatic N) is 4. The van der Waals surface area contributed by atoms with Crippen molar-refractivity contribution < 1.29 is 19.4 Å². The van der Waals surface area contributed by atoms with Crippen molar-refractivity contribution in [3.63, 3.8) is 0 Å². The van der Waals surface area contributed by atoms with E-state index in [1.807, 2.05) is 43.3 Å². The van der Waals surface area contributed by atoms with E-state index in [1.165, 1.54) is 7.11 Å². The van der Waals surface area contributed by atoms with Crippen molar-refractivity contribution in [1.82, 2.24) is 9.47 Å². The van der Waals surface area contributed by atoms with Crippen LogP contribution in [0.3, 0.4) is 0 Å². The molecule has 3 aromatic rings. The number of carbonyl (C=O) groups is 1. The zero-order chi connectivity index (χ0) is 21.0. The number of methoxy groups -OCH3 is 2. The number of ether oxygens (including phenoxy) is 2. The summed E-state index contributed by atoms with van der Waals surface area (Å²) in [7, 11) is 6.90. The maximum absolute atomic E-state index is 12.3. The zero-order valence-electron chi connectivity index (χ0n) is 16.9. The Morgan fingerprint density at radius 2 is 1.83 bits per heavy atom. The minimum atomic E-state index is -0.430. The quantitative estimate of drug-likeness (QED) is 0.615. The van der Waals surface area contributed by atoms with Gasteiger partial charge in [-0.15, -0.1) is 10.2 Å². The molecule has 1 heterocycles. The molecule has 8 heteroatoms. The predicted octanol–water partition coefficient (Wildman–Crippen LogP) is 3.74. The van der Waals surface area contributed by atoms with Crippen molar-refractivity contribution >= 4 is 22.5 Å². The first kappa shape index (κ1) is 20.3. The second-order valence-electron chi connectivity index (χ2n) is 6.80. The number of azo groups is 1. The molecule has 0 aliphatic heterocycles. The Morgan fingerprint density at radius 1 is 1.10 bits per heavy atom. The van der Waals surface area contributed by atoms with E-state index in [4.69, 9.17) is 9.47 Å². The van der Waals surface area contributed by atoms with Gasteiger partial charge in [-0.05, 0) is 37.9 Å². The third-order valence-electron chi connectivity index (χ3n) is 4.41. The normalized spacial score (nSPS) is 11.5. The highest BCUT2D eigenvalue weighted by Crippen LogP contribution is 2.38. The van der Waals surface area contributed by atoms with E-state index >= 15 is 0 Å². The van der Waals surface area contributed by atoms with Gasteiger partial charge in [-0.25, -0.2) is 0 Å². The first-order chi connectivity index (χ1) is 13.9. The molecule has 3 rings (SSSR count). The first-order valence-corrected chi connectivity index (χ1v) is 9.05. The monoisotopic (exact) mass is 396 g/mol. The largest absolute Gasteiger partial charge is 0.493 e. The van der Waals surface area contributed by atoms with E-state index in [9.17, 15) is 9.90 Å². The smallest absolute Gasteiger partial charge is 0.269 e. The maximum atomic E-state index is 12.3. The zero-order valence-corrected chi connectivity index (χ0v) is 16.9. The minimum absolute atomic E-state index is 0.0254. The van der Waals surface area contributed by atoms with Crippen molar-refractivity contribution in [2.24, 2.45) is 10.2 Å². The second-order valence-corrected chi connectivity index (χ2v) is 6.80. The van der Waals surface area contributed by atoms with Crippen LogP contribution in [0.2, 0.25) is 0 Å². The average Bonchev–Trinajstić information content (AvgIpc) is 2.97. The number of benzene rings is 2. The summed E-state index contributed by atoms with van der Waals surface area (Å²) < 4.78 is 12.2. The number of hydrogen-bond donors (Lipinski definition) is 1. The van der Waals surface area contributed by atoms with Gasteiger partial charge in [-0.1, -0.05) is 24.3 Å². The van der Waals surface area contributed by atoms with E-state index in [1.54, 1.807) is 29.9 Å². The molecule has 0 fully saturated rings. The van der Waals surface area contributed by atoms with Gasteiger partial charge in [0.25, 0.3) is 5.91 Å². The summed E-state index contributed by atoms with van der Waals surface area (Å²) in [4.78, 5) is 14.3. The van der Waals surface area contributed by atoms with Crippen molar-refractivity contribution in [1.29, 1.82) is 0 Å². The van der Waals surface area contributed by atoms with Gasteiger partial charge in [0.15, 0.2) is 17.2 Å². The Hall–Kier alpha value is -3.39. The minimum Gasteiger partial charge on any atom is -0.493 e. The number of carbonyl (C=O) groups excluding carboxylic acids is 1. The maximum Gasteiger partial charge on any atom is 0.269 e. The SMILES string of the molecule is COc1ccc(CC(=O)N=Nc2c(O)n(CN(C)C)c3ccccc23)cc1OC. The van der Waals surface area contributed by atoms with Gasteiger partial charge in [0.1, 0.15) is 0 Å². The summed E-state index contributed by atoms with van der Waals surface area (Å²) in [6.07, 6.45) is 0.0565. The lowest BCUT2D eigenvalue weighted by Crippen LogP contribution is -2.16. The Labute approximate surface area is 169 Å². The standard InChI is InChI=1S/C21H24N4O4/c1-24(2)13-25-16-8-6-5-7-15(16)20(21(25)27)23-22-19(26)12-14-9-10-17(28-3)18(11-14)29-4/h5-11,27H,12-13H2,1-4H3. The number of rotatable bonds is 7. The van der Waals surface area contributed by atoms with E-state index in [-0.39, 0.29) is 18.0 Å². The molecule has 0 aliphatic rings. The van der Waals surface area contributed by atoms with Crippen molar-refractivity contribution in [3.05, 3.63) is 48.0 Å². The molecule has 0 saturated carbocycles. The molecule has 152 valence electrons. The molecule has 0 bridgehead atoms. The molecule has 0 atom stereocenters. The Bertz CT molecular complexity index is 1060. The third kappa shape index (κ3) is 4.38. The summed E-state index contributed by atoms with van der Waals surface area (Å²) in [6.45, 7) is 0.474. The Kier molecular flexibility index (Phi) is 6.13. The van der Waals surface area contributed by atoms with E-state index in [0.29, 0.717) is 18.2 Å². The molecule has 8 nitrogen and oxygen atoms in total. The molecule has 0 saturated heterocycles. The van der Waals surface area contributed by atoms with Gasteiger partial charge in [0, 0.05) is 5.39 Å². The summed E-state index contributed by atoms with van der Waals surface area (Å²) in [6, 6.07) is 12.7. The summed E-state index contributed by atoms with van der Waals surface area (Å²) in [5.74, 6) is 0.673. The molecular weight excluding hydrogens is 372 g/mol. The van der Waals surface area contributed by atoms with E-state index in [2.05, 4.69) is 10.2 Å². The van der Waals surface area contributed by atoms with Crippen LogP contribution in [0, 0.1) is 0 Å². The van der Waals surface area contributed by atoms with Gasteiger partial charge in [0.05, 0.1) is 32.8 Å². The van der Waals surface area contributed by atoms with Gasteiger partial charge >= 0.3 is 0 Å². The molecule has 0 aliphatic carbocycles. The number of aromatic hydroxyl groups is 1. The van der Waals surface area contributed by atoms with Crippen LogP contribution in [0.1, 0.15) is 5.56 Å². The van der Waals surface area contributed by atoms with Crippen LogP contribution in [-0.2, 0) is 17.9 Å². The number of aromatic nitrogens is 1. The van der Waals surface area contributed by atoms with Crippen LogP contribution in [-0.4, -0.2) is 48.8 Å². The predicted molar refractivity (Wildman–Crippen MR) is 110 cm³/mol. The highest BCUT2D eigenvalue weighted by molar-refractivity contribution is 5.95. The topological polar surface area (TPSA) is 88.7 Å². The second kappa shape index (κ2) is 8.74. The van der Waals surface area contributed by atoms with Crippen LogP contribution in [0.15, 0.2) is 52.7 Å². The molecule has 0 radical (unpaired) electrons. The lowest BCUT2D eigenvalue weighted by Gasteiger charge is -2.12. The molecular formula is C21H24N4O4. The first-order valence-electron chi connectivity index (χ1n) is 9.05.